The molecule has 0 radical (unpaired) electrons. The van der Waals surface area contributed by atoms with E-state index in [0.717, 1.165) is 6.54 Å². The lowest BCUT2D eigenvalue weighted by atomic mass is 10.3. The van der Waals surface area contributed by atoms with Crippen LogP contribution in [0.1, 0.15) is 19.8 Å². The second-order valence-electron chi connectivity index (χ2n) is 2.47. The Morgan fingerprint density at radius 2 is 1.73 bits per heavy atom. The van der Waals surface area contributed by atoms with Crippen LogP contribution in [0.4, 0.5) is 0 Å². The number of halogens is 1. The van der Waals surface area contributed by atoms with Crippen molar-refractivity contribution >= 4 is 0 Å². The lowest BCUT2D eigenvalue weighted by Crippen LogP contribution is -3.00. The molecule has 11 heavy (non-hydrogen) atoms. The third-order valence-corrected chi connectivity index (χ3v) is 1.55. The zero-order chi connectivity index (χ0) is 7.23. The monoisotopic (exact) mass is 171 g/mol. The van der Waals surface area contributed by atoms with Crippen molar-refractivity contribution in [2.45, 2.75) is 26.3 Å². The molecule has 62 valence electrons. The Kier molecular flexibility index (Phi) is 5.86. The highest BCUT2D eigenvalue weighted by atomic mass is 35.5. The predicted octanol–water partition coefficient (Wildman–Crippen LogP) is -1.22. The molecule has 1 aromatic heterocycles. The number of aromatic nitrogens is 1. The molecule has 0 atom stereocenters. The summed E-state index contributed by atoms with van der Waals surface area (Å²) in [7, 11) is 0. The van der Waals surface area contributed by atoms with Crippen LogP contribution in [0.2, 0.25) is 0 Å². The fourth-order valence-electron chi connectivity index (χ4n) is 0.924. The Morgan fingerprint density at radius 3 is 2.27 bits per heavy atom. The molecule has 2 heteroatoms. The first-order valence-electron chi connectivity index (χ1n) is 3.87. The van der Waals surface area contributed by atoms with Crippen molar-refractivity contribution in [3.05, 3.63) is 30.6 Å². The largest absolute Gasteiger partial charge is 1.00 e. The first kappa shape index (κ1) is 10.4. The van der Waals surface area contributed by atoms with E-state index in [2.05, 4.69) is 36.0 Å². The van der Waals surface area contributed by atoms with Crippen molar-refractivity contribution in [1.29, 1.82) is 0 Å². The first-order valence-corrected chi connectivity index (χ1v) is 3.87. The van der Waals surface area contributed by atoms with E-state index in [0.29, 0.717) is 0 Å². The van der Waals surface area contributed by atoms with E-state index in [4.69, 9.17) is 0 Å². The molecule has 0 saturated carbocycles. The lowest BCUT2D eigenvalue weighted by Gasteiger charge is -1.91. The molecule has 1 heterocycles. The van der Waals surface area contributed by atoms with E-state index < -0.39 is 0 Å². The summed E-state index contributed by atoms with van der Waals surface area (Å²) in [6.07, 6.45) is 6.75. The molecule has 0 saturated heterocycles. The molecule has 0 amide bonds. The van der Waals surface area contributed by atoms with E-state index >= 15 is 0 Å². The minimum Gasteiger partial charge on any atom is -1.00 e. The maximum Gasteiger partial charge on any atom is 0.168 e. The van der Waals surface area contributed by atoms with Crippen molar-refractivity contribution in [3.8, 4) is 0 Å². The van der Waals surface area contributed by atoms with Crippen molar-refractivity contribution in [2.75, 3.05) is 0 Å². The summed E-state index contributed by atoms with van der Waals surface area (Å²) in [6.45, 7) is 3.36. The van der Waals surface area contributed by atoms with Gasteiger partial charge in [0.2, 0.25) is 0 Å². The van der Waals surface area contributed by atoms with Gasteiger partial charge in [0.15, 0.2) is 12.4 Å². The molecule has 0 fully saturated rings. The van der Waals surface area contributed by atoms with E-state index in [9.17, 15) is 0 Å². The van der Waals surface area contributed by atoms with Crippen LogP contribution in [-0.4, -0.2) is 0 Å². The average molecular weight is 172 g/mol. The maximum absolute atomic E-state index is 2.21. The highest BCUT2D eigenvalue weighted by molar-refractivity contribution is 4.83. The number of aryl methyl sites for hydroxylation is 1. The van der Waals surface area contributed by atoms with E-state index in [-0.39, 0.29) is 12.4 Å². The SMILES string of the molecule is CCCC[n+]1ccccc1.[Cl-]. The molecule has 1 nitrogen and oxygen atoms in total. The Labute approximate surface area is 74.5 Å². The van der Waals surface area contributed by atoms with E-state index in [1.54, 1.807) is 0 Å². The van der Waals surface area contributed by atoms with Gasteiger partial charge in [-0.15, -0.1) is 0 Å². The van der Waals surface area contributed by atoms with Gasteiger partial charge in [0.25, 0.3) is 0 Å². The average Bonchev–Trinajstić information content (AvgIpc) is 2.03. The molecule has 0 aliphatic heterocycles. The molecule has 0 bridgehead atoms. The minimum atomic E-state index is 0. The molecule has 0 aromatic carbocycles. The zero-order valence-electron chi connectivity index (χ0n) is 6.83. The maximum atomic E-state index is 2.21. The Balaban J connectivity index is 0.000001000. The summed E-state index contributed by atoms with van der Waals surface area (Å²) in [6, 6.07) is 6.17. The first-order chi connectivity index (χ1) is 4.93. The fourth-order valence-corrected chi connectivity index (χ4v) is 0.924. The lowest BCUT2D eigenvalue weighted by molar-refractivity contribution is -0.697. The molecular formula is C9H14ClN. The van der Waals surface area contributed by atoms with Gasteiger partial charge in [-0.05, 0) is 0 Å². The van der Waals surface area contributed by atoms with Crippen LogP contribution in [0.15, 0.2) is 30.6 Å². The third-order valence-electron chi connectivity index (χ3n) is 1.55. The van der Waals surface area contributed by atoms with Crippen LogP contribution >= 0.6 is 0 Å². The normalized spacial score (nSPS) is 8.82. The van der Waals surface area contributed by atoms with Gasteiger partial charge in [-0.3, -0.25) is 0 Å². The van der Waals surface area contributed by atoms with Crippen molar-refractivity contribution in [2.24, 2.45) is 0 Å². The summed E-state index contributed by atoms with van der Waals surface area (Å²) in [4.78, 5) is 0. The number of pyridine rings is 1. The Hall–Kier alpha value is -0.560. The fraction of sp³-hybridized carbons (Fsp3) is 0.444. The summed E-state index contributed by atoms with van der Waals surface area (Å²) in [5.41, 5.74) is 0. The van der Waals surface area contributed by atoms with Gasteiger partial charge >= 0.3 is 0 Å². The van der Waals surface area contributed by atoms with Crippen LogP contribution in [0.3, 0.4) is 0 Å². The standard InChI is InChI=1S/C9H14N.ClH/c1-2-3-7-10-8-5-4-6-9-10;/h4-6,8-9H,2-3,7H2,1H3;1H/q+1;/p-1. The highest BCUT2D eigenvalue weighted by Gasteiger charge is 1.93. The van der Waals surface area contributed by atoms with E-state index in [1.807, 2.05) is 6.07 Å². The molecular weight excluding hydrogens is 158 g/mol. The smallest absolute Gasteiger partial charge is 0.168 e. The summed E-state index contributed by atoms with van der Waals surface area (Å²) in [5.74, 6) is 0. The van der Waals surface area contributed by atoms with Crippen LogP contribution < -0.4 is 17.0 Å². The zero-order valence-corrected chi connectivity index (χ0v) is 7.59. The van der Waals surface area contributed by atoms with E-state index in [1.165, 1.54) is 12.8 Å². The van der Waals surface area contributed by atoms with Gasteiger partial charge < -0.3 is 12.4 Å². The van der Waals surface area contributed by atoms with Crippen molar-refractivity contribution < 1.29 is 17.0 Å². The second kappa shape index (κ2) is 6.17. The van der Waals surface area contributed by atoms with Crippen molar-refractivity contribution in [3.63, 3.8) is 0 Å². The highest BCUT2D eigenvalue weighted by Crippen LogP contribution is 1.85. The van der Waals surface area contributed by atoms with Crippen LogP contribution in [0, 0.1) is 0 Å². The number of hydrogen-bond donors (Lipinski definition) is 0. The molecule has 0 unspecified atom stereocenters. The molecule has 0 N–H and O–H groups in total. The molecule has 0 aliphatic carbocycles. The number of nitrogens with zero attached hydrogens (tertiary/aromatic N) is 1. The minimum absolute atomic E-state index is 0. The van der Waals surface area contributed by atoms with Crippen LogP contribution in [0.5, 0.6) is 0 Å². The van der Waals surface area contributed by atoms with Gasteiger partial charge in [0.1, 0.15) is 6.54 Å². The quantitative estimate of drug-likeness (QED) is 0.502. The third kappa shape index (κ3) is 3.99. The van der Waals surface area contributed by atoms with Crippen LogP contribution in [-0.2, 0) is 6.54 Å². The summed E-state index contributed by atoms with van der Waals surface area (Å²) >= 11 is 0. The van der Waals surface area contributed by atoms with Gasteiger partial charge in [-0.2, -0.15) is 0 Å². The molecule has 1 rings (SSSR count). The van der Waals surface area contributed by atoms with Gasteiger partial charge in [-0.25, -0.2) is 4.57 Å². The molecule has 0 spiro atoms. The number of hydrogen-bond acceptors (Lipinski definition) is 0. The topological polar surface area (TPSA) is 3.88 Å². The summed E-state index contributed by atoms with van der Waals surface area (Å²) < 4.78 is 2.21. The summed E-state index contributed by atoms with van der Waals surface area (Å²) in [5, 5.41) is 0. The second-order valence-corrected chi connectivity index (χ2v) is 2.47. The Morgan fingerprint density at radius 1 is 1.09 bits per heavy atom. The van der Waals surface area contributed by atoms with Gasteiger partial charge in [0, 0.05) is 18.6 Å². The van der Waals surface area contributed by atoms with Crippen LogP contribution in [0.25, 0.3) is 0 Å². The Bertz CT molecular complexity index is 174. The predicted molar refractivity (Wildman–Crippen MR) is 41.5 cm³/mol. The number of rotatable bonds is 3. The number of unbranched alkanes of at least 4 members (excludes halogenated alkanes) is 1. The molecule has 0 aliphatic rings. The van der Waals surface area contributed by atoms with Gasteiger partial charge in [0.05, 0.1) is 0 Å². The molecule has 1 aromatic rings. The van der Waals surface area contributed by atoms with Crippen molar-refractivity contribution in [1.82, 2.24) is 0 Å². The van der Waals surface area contributed by atoms with Gasteiger partial charge in [-0.1, -0.05) is 19.4 Å².